The summed E-state index contributed by atoms with van der Waals surface area (Å²) in [7, 11) is 0. The van der Waals surface area contributed by atoms with Crippen LogP contribution in [0.3, 0.4) is 0 Å². The molecule has 0 unspecified atom stereocenters. The molecule has 1 fully saturated rings. The van der Waals surface area contributed by atoms with Gasteiger partial charge in [0.2, 0.25) is 0 Å². The zero-order valence-corrected chi connectivity index (χ0v) is 11.9. The molecule has 0 aliphatic carbocycles. The molecule has 2 aromatic heterocycles. The van der Waals surface area contributed by atoms with Crippen molar-refractivity contribution in [3.8, 4) is 0 Å². The summed E-state index contributed by atoms with van der Waals surface area (Å²) < 4.78 is 0. The number of carbonyl (C=O) groups excluding carboxylic acids is 1. The minimum Gasteiger partial charge on any atom is -0.353 e. The van der Waals surface area contributed by atoms with Crippen molar-refractivity contribution in [3.05, 3.63) is 48.2 Å². The summed E-state index contributed by atoms with van der Waals surface area (Å²) in [6.45, 7) is 4.75. The van der Waals surface area contributed by atoms with E-state index in [0.29, 0.717) is 24.5 Å². The fraction of sp³-hybridized carbons (Fsp3) is 0.333. The van der Waals surface area contributed by atoms with Gasteiger partial charge in [0.1, 0.15) is 11.6 Å². The van der Waals surface area contributed by atoms with Crippen LogP contribution in [0.15, 0.2) is 36.8 Å². The summed E-state index contributed by atoms with van der Waals surface area (Å²) in [6, 6.07) is 5.87. The van der Waals surface area contributed by atoms with Gasteiger partial charge >= 0.3 is 0 Å². The molecule has 0 spiro atoms. The van der Waals surface area contributed by atoms with Crippen molar-refractivity contribution in [2.45, 2.75) is 6.92 Å². The first-order valence-electron chi connectivity index (χ1n) is 6.98. The van der Waals surface area contributed by atoms with E-state index in [9.17, 15) is 4.79 Å². The number of aromatic nitrogens is 3. The number of pyridine rings is 1. The molecular weight excluding hydrogens is 266 g/mol. The highest BCUT2D eigenvalue weighted by Crippen LogP contribution is 2.14. The van der Waals surface area contributed by atoms with Crippen LogP contribution in [0.2, 0.25) is 0 Å². The number of hydrogen-bond donors (Lipinski definition) is 0. The van der Waals surface area contributed by atoms with Crippen molar-refractivity contribution in [3.63, 3.8) is 0 Å². The molecule has 0 aromatic carbocycles. The van der Waals surface area contributed by atoms with E-state index in [1.54, 1.807) is 25.5 Å². The molecule has 0 radical (unpaired) electrons. The molecule has 6 heteroatoms. The molecule has 0 atom stereocenters. The van der Waals surface area contributed by atoms with E-state index in [0.717, 1.165) is 18.9 Å². The first-order valence-corrected chi connectivity index (χ1v) is 6.98. The lowest BCUT2D eigenvalue weighted by atomic mass is 10.2. The third kappa shape index (κ3) is 2.99. The van der Waals surface area contributed by atoms with Gasteiger partial charge < -0.3 is 9.80 Å². The molecule has 1 amide bonds. The van der Waals surface area contributed by atoms with Crippen LogP contribution in [-0.4, -0.2) is 51.9 Å². The average Bonchev–Trinajstić information content (AvgIpc) is 2.56. The highest BCUT2D eigenvalue weighted by atomic mass is 16.2. The normalized spacial score (nSPS) is 15.1. The van der Waals surface area contributed by atoms with Crippen LogP contribution in [0.1, 0.15) is 16.2 Å². The molecular formula is C15H17N5O. The largest absolute Gasteiger partial charge is 0.353 e. The second kappa shape index (κ2) is 5.87. The van der Waals surface area contributed by atoms with Gasteiger partial charge in [-0.3, -0.25) is 4.79 Å². The molecule has 0 saturated carbocycles. The molecule has 21 heavy (non-hydrogen) atoms. The summed E-state index contributed by atoms with van der Waals surface area (Å²) in [5.74, 6) is 1.63. The number of hydrogen-bond acceptors (Lipinski definition) is 5. The summed E-state index contributed by atoms with van der Waals surface area (Å²) in [4.78, 5) is 28.9. The Morgan fingerprint density at radius 2 is 1.76 bits per heavy atom. The summed E-state index contributed by atoms with van der Waals surface area (Å²) in [5.41, 5.74) is 0.548. The van der Waals surface area contributed by atoms with Crippen molar-refractivity contribution in [2.75, 3.05) is 31.1 Å². The molecule has 1 aliphatic rings. The van der Waals surface area contributed by atoms with E-state index < -0.39 is 0 Å². The smallest absolute Gasteiger partial charge is 0.257 e. The lowest BCUT2D eigenvalue weighted by molar-refractivity contribution is 0.0745. The number of carbonyl (C=O) groups is 1. The average molecular weight is 283 g/mol. The van der Waals surface area contributed by atoms with Crippen LogP contribution in [0, 0.1) is 6.92 Å². The fourth-order valence-corrected chi connectivity index (χ4v) is 2.37. The molecule has 0 N–H and O–H groups in total. The van der Waals surface area contributed by atoms with Crippen molar-refractivity contribution in [1.82, 2.24) is 19.9 Å². The van der Waals surface area contributed by atoms with Gasteiger partial charge in [-0.05, 0) is 19.1 Å². The summed E-state index contributed by atoms with van der Waals surface area (Å²) >= 11 is 0. The van der Waals surface area contributed by atoms with E-state index in [1.807, 2.05) is 23.1 Å². The number of anilines is 1. The Bertz CT molecular complexity index is 606. The Morgan fingerprint density at radius 3 is 2.38 bits per heavy atom. The molecule has 3 heterocycles. The van der Waals surface area contributed by atoms with E-state index in [1.165, 1.54) is 0 Å². The van der Waals surface area contributed by atoms with Crippen molar-refractivity contribution < 1.29 is 4.79 Å². The molecule has 108 valence electrons. The van der Waals surface area contributed by atoms with Gasteiger partial charge in [0.05, 0.1) is 5.56 Å². The number of rotatable bonds is 2. The Balaban J connectivity index is 1.63. The third-order valence-corrected chi connectivity index (χ3v) is 3.57. The molecule has 0 bridgehead atoms. The van der Waals surface area contributed by atoms with Crippen molar-refractivity contribution >= 4 is 11.7 Å². The summed E-state index contributed by atoms with van der Waals surface area (Å²) in [6.07, 6.45) is 4.97. The van der Waals surface area contributed by atoms with Crippen molar-refractivity contribution in [2.24, 2.45) is 0 Å². The van der Waals surface area contributed by atoms with Crippen LogP contribution >= 0.6 is 0 Å². The molecule has 1 aliphatic heterocycles. The van der Waals surface area contributed by atoms with E-state index in [4.69, 9.17) is 0 Å². The maximum Gasteiger partial charge on any atom is 0.257 e. The van der Waals surface area contributed by atoms with Crippen LogP contribution in [0.5, 0.6) is 0 Å². The zero-order valence-electron chi connectivity index (χ0n) is 11.9. The zero-order chi connectivity index (χ0) is 14.7. The van der Waals surface area contributed by atoms with Crippen LogP contribution in [0.25, 0.3) is 0 Å². The number of aryl methyl sites for hydroxylation is 1. The van der Waals surface area contributed by atoms with Crippen LogP contribution < -0.4 is 4.90 Å². The number of piperazine rings is 1. The lowest BCUT2D eigenvalue weighted by Gasteiger charge is -2.35. The molecule has 1 saturated heterocycles. The second-order valence-electron chi connectivity index (χ2n) is 4.99. The van der Waals surface area contributed by atoms with E-state index in [2.05, 4.69) is 19.9 Å². The van der Waals surface area contributed by atoms with Gasteiger partial charge in [-0.2, -0.15) is 0 Å². The minimum atomic E-state index is -0.00401. The summed E-state index contributed by atoms with van der Waals surface area (Å²) in [5, 5.41) is 0. The highest BCUT2D eigenvalue weighted by molar-refractivity contribution is 5.93. The monoisotopic (exact) mass is 283 g/mol. The minimum absolute atomic E-state index is 0.00401. The fourth-order valence-electron chi connectivity index (χ4n) is 2.37. The van der Waals surface area contributed by atoms with E-state index >= 15 is 0 Å². The maximum atomic E-state index is 12.4. The standard InChI is InChI=1S/C15H17N5O/c1-12-17-10-13(11-18-12)15(21)20-8-6-19(7-9-20)14-4-2-3-5-16-14/h2-5,10-11H,6-9H2,1H3. The van der Waals surface area contributed by atoms with Gasteiger partial charge in [-0.25, -0.2) is 15.0 Å². The Hall–Kier alpha value is -2.50. The van der Waals surface area contributed by atoms with Crippen molar-refractivity contribution in [1.29, 1.82) is 0 Å². The van der Waals surface area contributed by atoms with Gasteiger partial charge in [0.15, 0.2) is 0 Å². The van der Waals surface area contributed by atoms with E-state index in [-0.39, 0.29) is 5.91 Å². The highest BCUT2D eigenvalue weighted by Gasteiger charge is 2.23. The van der Waals surface area contributed by atoms with Crippen LogP contribution in [0.4, 0.5) is 5.82 Å². The molecule has 3 rings (SSSR count). The predicted octanol–water partition coefficient (Wildman–Crippen LogP) is 1.14. The Morgan fingerprint density at radius 1 is 1.05 bits per heavy atom. The lowest BCUT2D eigenvalue weighted by Crippen LogP contribution is -2.49. The van der Waals surface area contributed by atoms with Gasteiger partial charge in [-0.1, -0.05) is 6.07 Å². The quantitative estimate of drug-likeness (QED) is 0.827. The SMILES string of the molecule is Cc1ncc(C(=O)N2CCN(c3ccccn3)CC2)cn1. The number of nitrogens with zero attached hydrogens (tertiary/aromatic N) is 5. The van der Waals surface area contributed by atoms with Gasteiger partial charge in [0, 0.05) is 44.8 Å². The van der Waals surface area contributed by atoms with Gasteiger partial charge in [0.25, 0.3) is 5.91 Å². The third-order valence-electron chi connectivity index (χ3n) is 3.57. The molecule has 2 aromatic rings. The first kappa shape index (κ1) is 13.5. The first-order chi connectivity index (χ1) is 10.2. The predicted molar refractivity (Wildman–Crippen MR) is 79.1 cm³/mol. The van der Waals surface area contributed by atoms with Gasteiger partial charge in [-0.15, -0.1) is 0 Å². The number of amides is 1. The Labute approximate surface area is 123 Å². The second-order valence-corrected chi connectivity index (χ2v) is 4.99. The molecule has 6 nitrogen and oxygen atoms in total. The Kier molecular flexibility index (Phi) is 3.77. The topological polar surface area (TPSA) is 62.2 Å². The van der Waals surface area contributed by atoms with Crippen LogP contribution in [-0.2, 0) is 0 Å². The maximum absolute atomic E-state index is 12.4.